The fourth-order valence-corrected chi connectivity index (χ4v) is 13.1. The Morgan fingerprint density at radius 2 is 0.924 bits per heavy atom. The highest BCUT2D eigenvalue weighted by molar-refractivity contribution is 7.80. The molecule has 0 aliphatic carbocycles. The summed E-state index contributed by atoms with van der Waals surface area (Å²) in [5.41, 5.74) is 29.0. The van der Waals surface area contributed by atoms with Gasteiger partial charge in [0.2, 0.25) is 88.6 Å². The molecule has 15 atom stereocenters. The van der Waals surface area contributed by atoms with Crippen molar-refractivity contribution in [3.63, 3.8) is 0 Å². The molecule has 15 unspecified atom stereocenters. The van der Waals surface area contributed by atoms with E-state index in [-0.39, 0.29) is 114 Å². The predicted molar refractivity (Wildman–Crippen MR) is 444 cm³/mol. The number of rotatable bonds is 56. The maximum Gasteiger partial charge on any atom is 0.327 e. The zero-order chi connectivity index (χ0) is 89.0. The standard InChI is InChI=1S/C77H122N20O20S2/c1-7-43(4)62(74(114)92-53(36-42(2)3)64(104)84-39-60(101)86-49(25-15-17-33-79)66(106)88-52(29-31-61(102)103)69(109)94-57(41-119)76(116)117)95-70(110)55(38-47-22-12-9-13-23-47)91-73(113)58-27-19-35-97(58)75(115)63(44(5)98)96-71(111)54(37-46-20-10-8-11-21-46)90-67(107)50(26-18-34-83-77(81)82)87-68(108)51(28-30-59(80)100)89-72(112)56(40-118)93-65(105)48(85-45(6)99)24-14-16-32-78/h8-13,20-23,42-44,48-58,62-63,98,118-119H,7,14-19,24-41,78-79H2,1-6H3,(H2,80,100)(H,84,104)(H,85,99)(H,86,101)(H,87,108)(H,88,106)(H,89,112)(H,90,107)(H,91,113)(H,92,114)(H,93,105)(H,94,109)(H,95,110)(H,96,111)(H,102,103)(H,116,117)(H4,81,82,83). The van der Waals surface area contributed by atoms with Crippen LogP contribution in [-0.4, -0.2) is 256 Å². The molecule has 2 aromatic carbocycles. The third-order valence-electron chi connectivity index (χ3n) is 19.3. The zero-order valence-corrected chi connectivity index (χ0v) is 69.9. The molecule has 3 rings (SSSR count). The number of benzene rings is 2. The van der Waals surface area contributed by atoms with E-state index in [2.05, 4.69) is 99.4 Å². The van der Waals surface area contributed by atoms with Gasteiger partial charge in [-0.05, 0) is 126 Å². The Hall–Kier alpha value is -10.7. The first-order valence-electron chi connectivity index (χ1n) is 39.7. The van der Waals surface area contributed by atoms with Crippen LogP contribution in [0.3, 0.4) is 0 Å². The summed E-state index contributed by atoms with van der Waals surface area (Å²) < 4.78 is 0. The lowest BCUT2D eigenvalue weighted by Crippen LogP contribution is -2.62. The number of carboxylic acids is 2. The van der Waals surface area contributed by atoms with Gasteiger partial charge in [0.25, 0.3) is 0 Å². The van der Waals surface area contributed by atoms with Gasteiger partial charge in [-0.1, -0.05) is 94.8 Å². The molecule has 0 saturated carbocycles. The summed E-state index contributed by atoms with van der Waals surface area (Å²) in [4.78, 5) is 238. The maximum atomic E-state index is 15.0. The number of hydrogen-bond donors (Lipinski definition) is 23. The van der Waals surface area contributed by atoms with Crippen molar-refractivity contribution in [3.05, 3.63) is 71.8 Å². The van der Waals surface area contributed by atoms with Crippen LogP contribution in [0.5, 0.6) is 0 Å². The second kappa shape index (κ2) is 54.4. The van der Waals surface area contributed by atoms with Crippen molar-refractivity contribution in [2.45, 2.75) is 242 Å². The number of likely N-dealkylation sites (tertiary alicyclic amines) is 1. The van der Waals surface area contributed by atoms with Gasteiger partial charge in [-0.15, -0.1) is 0 Å². The number of hydrogen-bond acceptors (Lipinski definition) is 23. The number of nitrogens with zero attached hydrogens (tertiary/aromatic N) is 2. The molecule has 1 fully saturated rings. The lowest BCUT2D eigenvalue weighted by Gasteiger charge is -2.32. The van der Waals surface area contributed by atoms with E-state index in [0.717, 1.165) is 4.90 Å². The number of aliphatic hydroxyl groups excluding tert-OH is 1. The number of aliphatic carboxylic acids is 2. The average Bonchev–Trinajstić information content (AvgIpc) is 1.72. The Labute approximate surface area is 702 Å². The lowest BCUT2D eigenvalue weighted by molar-refractivity contribution is -0.144. The number of carbonyl (C=O) groups is 17. The average molecular weight is 1710 g/mol. The van der Waals surface area contributed by atoms with Crippen LogP contribution in [0.2, 0.25) is 0 Å². The first kappa shape index (κ1) is 102. The zero-order valence-electron chi connectivity index (χ0n) is 68.1. The van der Waals surface area contributed by atoms with Gasteiger partial charge in [0, 0.05) is 57.2 Å². The molecule has 119 heavy (non-hydrogen) atoms. The van der Waals surface area contributed by atoms with E-state index in [1.54, 1.807) is 88.4 Å². The van der Waals surface area contributed by atoms with Crippen LogP contribution >= 0.6 is 25.3 Å². The highest BCUT2D eigenvalue weighted by Gasteiger charge is 2.43. The number of amides is 15. The van der Waals surface area contributed by atoms with Gasteiger partial charge in [-0.25, -0.2) is 4.79 Å². The largest absolute Gasteiger partial charge is 0.481 e. The number of carboxylic acid groups (broad SMARTS) is 2. The molecule has 40 nitrogen and oxygen atoms in total. The van der Waals surface area contributed by atoms with Crippen LogP contribution in [0.1, 0.15) is 155 Å². The summed E-state index contributed by atoms with van der Waals surface area (Å²) >= 11 is 8.17. The van der Waals surface area contributed by atoms with Crippen LogP contribution in [0.4, 0.5) is 0 Å². The number of aliphatic hydroxyl groups is 1. The Balaban J connectivity index is 1.95. The first-order valence-corrected chi connectivity index (χ1v) is 41.0. The summed E-state index contributed by atoms with van der Waals surface area (Å²) in [6.45, 7) is 8.92. The van der Waals surface area contributed by atoms with E-state index in [9.17, 15) is 96.8 Å². The summed E-state index contributed by atoms with van der Waals surface area (Å²) in [5, 5.41) is 63.4. The molecule has 0 bridgehead atoms. The number of thiol groups is 2. The van der Waals surface area contributed by atoms with E-state index in [1.807, 2.05) is 0 Å². The van der Waals surface area contributed by atoms with Crippen LogP contribution in [0, 0.1) is 11.8 Å². The van der Waals surface area contributed by atoms with Crippen molar-refractivity contribution in [2.75, 3.05) is 44.2 Å². The maximum absolute atomic E-state index is 15.0. The molecule has 42 heteroatoms. The highest BCUT2D eigenvalue weighted by Crippen LogP contribution is 2.22. The fourth-order valence-electron chi connectivity index (χ4n) is 12.6. The minimum Gasteiger partial charge on any atom is -0.481 e. The van der Waals surface area contributed by atoms with Gasteiger partial charge in [0.1, 0.15) is 78.5 Å². The number of unbranched alkanes of at least 4 members (excludes halogenated alkanes) is 2. The van der Waals surface area contributed by atoms with Crippen molar-refractivity contribution in [1.82, 2.24) is 74.0 Å². The molecule has 2 aromatic rings. The molecule has 0 spiro atoms. The Kier molecular flexibility index (Phi) is 46.8. The molecule has 0 radical (unpaired) electrons. The normalized spacial score (nSPS) is 15.9. The highest BCUT2D eigenvalue weighted by atomic mass is 32.1. The number of nitrogens with one attached hydrogen (secondary N) is 13. The number of nitrogens with two attached hydrogens (primary N) is 5. The van der Waals surface area contributed by atoms with E-state index < -0.39 is 223 Å². The van der Waals surface area contributed by atoms with Crippen LogP contribution in [0.25, 0.3) is 0 Å². The van der Waals surface area contributed by atoms with Gasteiger partial charge >= 0.3 is 11.9 Å². The number of guanidine groups is 1. The Morgan fingerprint density at radius 3 is 1.38 bits per heavy atom. The van der Waals surface area contributed by atoms with Gasteiger partial charge in [0.05, 0.1) is 12.6 Å². The molecule has 1 heterocycles. The quantitative estimate of drug-likeness (QED) is 0.0128. The van der Waals surface area contributed by atoms with Gasteiger partial charge in [-0.3, -0.25) is 81.7 Å². The Morgan fingerprint density at radius 1 is 0.496 bits per heavy atom. The third-order valence-corrected chi connectivity index (χ3v) is 20.0. The van der Waals surface area contributed by atoms with Crippen molar-refractivity contribution in [2.24, 2.45) is 45.5 Å². The SMILES string of the molecule is CCC(C)C(NC(=O)C(Cc1ccccc1)NC(=O)C1CCCN1C(=O)C(NC(=O)C(Cc1ccccc1)NC(=O)C(CCCN=C(N)N)NC(=O)C(CCC(N)=O)NC(=O)C(CS)NC(=O)C(CCCCN)NC(C)=O)C(C)O)C(=O)NC(CC(C)C)C(=O)NCC(=O)NC(CCCCN)C(=O)NC(CCC(=O)O)C(=O)NC(CS)C(=O)O. The summed E-state index contributed by atoms with van der Waals surface area (Å²) in [6, 6.07) is -2.30. The minimum absolute atomic E-state index is 0.000367. The predicted octanol–water partition coefficient (Wildman–Crippen LogP) is -4.72. The van der Waals surface area contributed by atoms with Crippen molar-refractivity contribution < 1.29 is 96.8 Å². The molecule has 0 aromatic heterocycles. The first-order chi connectivity index (χ1) is 56.4. The van der Waals surface area contributed by atoms with Gasteiger partial charge in [0.15, 0.2) is 5.96 Å². The third kappa shape index (κ3) is 37.8. The molecule has 662 valence electrons. The number of aliphatic imine (C=N–C) groups is 1. The molecular formula is C77H122N20O20S2. The van der Waals surface area contributed by atoms with Gasteiger partial charge in [-0.2, -0.15) is 25.3 Å². The molecular weight excluding hydrogens is 1590 g/mol. The Bertz CT molecular complexity index is 3750. The fraction of sp³-hybridized carbons (Fsp3) is 0.610. The monoisotopic (exact) mass is 1710 g/mol. The van der Waals surface area contributed by atoms with Crippen molar-refractivity contribution >= 4 is 132 Å². The minimum atomic E-state index is -1.81. The van der Waals surface area contributed by atoms with E-state index in [4.69, 9.17) is 28.7 Å². The van der Waals surface area contributed by atoms with Crippen LogP contribution < -0.4 is 97.8 Å². The number of primary amides is 1. The summed E-state index contributed by atoms with van der Waals surface area (Å²) in [6.07, 6.45) is -1.99. The van der Waals surface area contributed by atoms with E-state index in [1.165, 1.54) is 13.8 Å². The second-order valence-corrected chi connectivity index (χ2v) is 30.3. The van der Waals surface area contributed by atoms with Crippen LogP contribution in [0.15, 0.2) is 65.7 Å². The summed E-state index contributed by atoms with van der Waals surface area (Å²) in [7, 11) is 0. The lowest BCUT2D eigenvalue weighted by atomic mass is 9.95. The molecule has 1 aliphatic heterocycles. The summed E-state index contributed by atoms with van der Waals surface area (Å²) in [5.74, 6) is -18.0. The number of carbonyl (C=O) groups excluding carboxylic acids is 15. The van der Waals surface area contributed by atoms with Crippen molar-refractivity contribution in [1.29, 1.82) is 0 Å². The molecule has 1 aliphatic rings. The van der Waals surface area contributed by atoms with E-state index in [0.29, 0.717) is 36.9 Å². The van der Waals surface area contributed by atoms with Gasteiger partial charge < -0.3 is 118 Å². The topological polar surface area (TPSA) is 653 Å². The molecule has 15 amide bonds. The molecule has 1 saturated heterocycles. The molecule has 26 N–H and O–H groups in total. The smallest absolute Gasteiger partial charge is 0.327 e. The second-order valence-electron chi connectivity index (χ2n) is 29.5. The van der Waals surface area contributed by atoms with Crippen LogP contribution in [-0.2, 0) is 94.3 Å². The van der Waals surface area contributed by atoms with E-state index >= 15 is 0 Å². The van der Waals surface area contributed by atoms with Crippen molar-refractivity contribution in [3.8, 4) is 0 Å².